The summed E-state index contributed by atoms with van der Waals surface area (Å²) in [5.41, 5.74) is 11.4. The fraction of sp³-hybridized carbons (Fsp3) is 0.545. The standard InChI is InChI=1S/C29H45N3O4.C10H13N.C5H12O/c1-6-8-17-31(16-7-2)18-14-25(24-12-10-9-11-13-24)15-19-32(29(30)33)22-23-20-26(34-3)28(36-5)27(21-23)35-4;1-8(2)11-10-7-5-4-6-9(10)3;1-3-5-6-4-2/h9-13,20-21,25H,6-8,14-19,22H2,1-5H3,(H2,30,33);4-7H,1-3H3;3-5H2,1-2H3. The van der Waals surface area contributed by atoms with Gasteiger partial charge in [0.05, 0.1) is 27.0 Å². The van der Waals surface area contributed by atoms with Crippen LogP contribution >= 0.6 is 0 Å². The Balaban J connectivity index is 0.000000674. The molecule has 0 spiro atoms. The van der Waals surface area contributed by atoms with Gasteiger partial charge in [0.2, 0.25) is 5.75 Å². The summed E-state index contributed by atoms with van der Waals surface area (Å²) >= 11 is 0. The Bertz CT molecular complexity index is 1400. The van der Waals surface area contributed by atoms with Gasteiger partial charge in [-0.3, -0.25) is 4.99 Å². The lowest BCUT2D eigenvalue weighted by molar-refractivity contribution is 0.148. The maximum absolute atomic E-state index is 12.4. The van der Waals surface area contributed by atoms with Crippen LogP contribution in [0.3, 0.4) is 0 Å². The van der Waals surface area contributed by atoms with E-state index < -0.39 is 6.03 Å². The number of rotatable bonds is 21. The monoisotopic (exact) mass is 735 g/mol. The number of unbranched alkanes of at least 4 members (excludes halogenated alkanes) is 1. The van der Waals surface area contributed by atoms with Crippen LogP contribution in [0.4, 0.5) is 10.5 Å². The molecule has 2 amide bonds. The molecule has 3 aromatic carbocycles. The summed E-state index contributed by atoms with van der Waals surface area (Å²) in [6, 6.07) is 22.0. The summed E-state index contributed by atoms with van der Waals surface area (Å²) < 4.78 is 21.4. The number of benzene rings is 3. The number of para-hydroxylation sites is 1. The van der Waals surface area contributed by atoms with Gasteiger partial charge < -0.3 is 34.5 Å². The lowest BCUT2D eigenvalue weighted by atomic mass is 9.92. The second-order valence-corrected chi connectivity index (χ2v) is 13.2. The third-order valence-electron chi connectivity index (χ3n) is 8.60. The minimum atomic E-state index is -0.439. The van der Waals surface area contributed by atoms with Crippen molar-refractivity contribution in [2.45, 2.75) is 99.5 Å². The predicted octanol–water partition coefficient (Wildman–Crippen LogP) is 10.2. The maximum Gasteiger partial charge on any atom is 0.315 e. The number of ether oxygens (including phenoxy) is 4. The number of primary amides is 1. The number of hydrogen-bond donors (Lipinski definition) is 1. The summed E-state index contributed by atoms with van der Waals surface area (Å²) in [7, 11) is 4.74. The van der Waals surface area contributed by atoms with Crippen molar-refractivity contribution in [2.24, 2.45) is 10.7 Å². The van der Waals surface area contributed by atoms with E-state index in [4.69, 9.17) is 24.7 Å². The van der Waals surface area contributed by atoms with Gasteiger partial charge in [-0.05, 0) is 120 Å². The van der Waals surface area contributed by atoms with Crippen molar-refractivity contribution in [1.82, 2.24) is 9.80 Å². The highest BCUT2D eigenvalue weighted by molar-refractivity contribution is 5.82. The number of aryl methyl sites for hydroxylation is 1. The van der Waals surface area contributed by atoms with E-state index >= 15 is 0 Å². The molecule has 0 aromatic heterocycles. The second-order valence-electron chi connectivity index (χ2n) is 13.2. The topological polar surface area (TPSA) is 98.9 Å². The summed E-state index contributed by atoms with van der Waals surface area (Å²) in [4.78, 5) is 21.0. The van der Waals surface area contributed by atoms with Gasteiger partial charge in [-0.25, -0.2) is 4.79 Å². The highest BCUT2D eigenvalue weighted by Crippen LogP contribution is 2.38. The van der Waals surface area contributed by atoms with Crippen molar-refractivity contribution < 1.29 is 23.7 Å². The lowest BCUT2D eigenvalue weighted by Gasteiger charge is -2.27. The number of hydrogen-bond acceptors (Lipinski definition) is 7. The Labute approximate surface area is 321 Å². The first-order valence-corrected chi connectivity index (χ1v) is 19.3. The molecule has 0 aliphatic rings. The highest BCUT2D eigenvalue weighted by atomic mass is 16.5. The van der Waals surface area contributed by atoms with E-state index in [1.54, 1.807) is 26.2 Å². The van der Waals surface area contributed by atoms with Crippen molar-refractivity contribution in [3.05, 3.63) is 83.4 Å². The number of nitrogens with zero attached hydrogens (tertiary/aromatic N) is 3. The van der Waals surface area contributed by atoms with Crippen LogP contribution in [0.5, 0.6) is 17.2 Å². The van der Waals surface area contributed by atoms with Gasteiger partial charge in [0.1, 0.15) is 0 Å². The molecule has 9 nitrogen and oxygen atoms in total. The Morgan fingerprint density at radius 3 is 1.89 bits per heavy atom. The molecule has 296 valence electrons. The molecule has 0 radical (unpaired) electrons. The Morgan fingerprint density at radius 2 is 1.40 bits per heavy atom. The fourth-order valence-electron chi connectivity index (χ4n) is 5.82. The van der Waals surface area contributed by atoms with Gasteiger partial charge >= 0.3 is 6.03 Å². The van der Waals surface area contributed by atoms with Gasteiger partial charge in [-0.1, -0.05) is 75.7 Å². The molecule has 0 fully saturated rings. The molecule has 1 unspecified atom stereocenters. The van der Waals surface area contributed by atoms with E-state index in [0.29, 0.717) is 36.3 Å². The van der Waals surface area contributed by atoms with Crippen LogP contribution in [0.1, 0.15) is 103 Å². The van der Waals surface area contributed by atoms with Gasteiger partial charge in [0, 0.05) is 32.0 Å². The number of methoxy groups -OCH3 is 3. The molecule has 0 saturated heterocycles. The van der Waals surface area contributed by atoms with Gasteiger partial charge in [-0.2, -0.15) is 0 Å². The molecule has 3 aromatic rings. The zero-order valence-corrected chi connectivity index (χ0v) is 34.6. The number of urea groups is 1. The maximum atomic E-state index is 12.4. The number of aliphatic imine (C=N–C) groups is 1. The van der Waals surface area contributed by atoms with Crippen LogP contribution in [0.15, 0.2) is 71.7 Å². The first-order chi connectivity index (χ1) is 25.6. The van der Waals surface area contributed by atoms with E-state index in [1.807, 2.05) is 57.2 Å². The van der Waals surface area contributed by atoms with Gasteiger partial charge in [-0.15, -0.1) is 0 Å². The molecule has 2 N–H and O–H groups in total. The smallest absolute Gasteiger partial charge is 0.315 e. The number of carbonyl (C=O) groups excluding carboxylic acids is 1. The zero-order valence-electron chi connectivity index (χ0n) is 34.6. The molecule has 9 heteroatoms. The predicted molar refractivity (Wildman–Crippen MR) is 223 cm³/mol. The normalized spacial score (nSPS) is 11.0. The van der Waals surface area contributed by atoms with Crippen molar-refractivity contribution in [2.75, 3.05) is 60.7 Å². The first-order valence-electron chi connectivity index (χ1n) is 19.3. The van der Waals surface area contributed by atoms with Gasteiger partial charge in [0.25, 0.3) is 0 Å². The van der Waals surface area contributed by atoms with Crippen LogP contribution in [-0.2, 0) is 11.3 Å². The molecular formula is C44H70N4O5. The quantitative estimate of drug-likeness (QED) is 0.0864. The van der Waals surface area contributed by atoms with Crippen LogP contribution in [-0.4, -0.2) is 82.3 Å². The molecule has 3 rings (SSSR count). The zero-order chi connectivity index (χ0) is 39.4. The molecule has 0 aliphatic carbocycles. The Kier molecular flexibility index (Phi) is 25.2. The summed E-state index contributed by atoms with van der Waals surface area (Å²) in [5.74, 6) is 1.98. The average Bonchev–Trinajstić information content (AvgIpc) is 3.16. The molecule has 1 atom stereocenters. The van der Waals surface area contributed by atoms with E-state index in [1.165, 1.54) is 24.0 Å². The van der Waals surface area contributed by atoms with Crippen LogP contribution in [0.25, 0.3) is 0 Å². The molecule has 0 heterocycles. The molecule has 53 heavy (non-hydrogen) atoms. The second kappa shape index (κ2) is 28.4. The van der Waals surface area contributed by atoms with E-state index in [9.17, 15) is 4.79 Å². The summed E-state index contributed by atoms with van der Waals surface area (Å²) in [5, 5.41) is 0. The van der Waals surface area contributed by atoms with Crippen molar-refractivity contribution in [3.63, 3.8) is 0 Å². The van der Waals surface area contributed by atoms with Crippen LogP contribution < -0.4 is 19.9 Å². The fourth-order valence-corrected chi connectivity index (χ4v) is 5.82. The highest BCUT2D eigenvalue weighted by Gasteiger charge is 2.20. The minimum Gasteiger partial charge on any atom is -0.493 e. The Hall–Kier alpha value is -4.08. The third-order valence-corrected chi connectivity index (χ3v) is 8.60. The van der Waals surface area contributed by atoms with Crippen LogP contribution in [0, 0.1) is 6.92 Å². The molecule has 0 bridgehead atoms. The van der Waals surface area contributed by atoms with Crippen molar-refractivity contribution >= 4 is 17.4 Å². The number of carbonyl (C=O) groups is 1. The number of amides is 2. The Morgan fingerprint density at radius 1 is 0.774 bits per heavy atom. The number of nitrogens with two attached hydrogens (primary N) is 1. The van der Waals surface area contributed by atoms with Gasteiger partial charge in [0.15, 0.2) is 11.5 Å². The van der Waals surface area contributed by atoms with Crippen molar-refractivity contribution in [3.8, 4) is 17.2 Å². The third kappa shape index (κ3) is 19.0. The first kappa shape index (κ1) is 46.9. The molecular weight excluding hydrogens is 665 g/mol. The van der Waals surface area contributed by atoms with E-state index in [2.05, 4.69) is 67.9 Å². The van der Waals surface area contributed by atoms with Crippen molar-refractivity contribution in [1.29, 1.82) is 0 Å². The molecule has 0 aliphatic heterocycles. The average molecular weight is 735 g/mol. The molecule has 0 saturated carbocycles. The summed E-state index contributed by atoms with van der Waals surface area (Å²) in [6.07, 6.45) is 6.60. The van der Waals surface area contributed by atoms with Crippen LogP contribution in [0.2, 0.25) is 0 Å². The summed E-state index contributed by atoms with van der Waals surface area (Å²) in [6.45, 7) is 20.7. The minimum absolute atomic E-state index is 0.342. The lowest BCUT2D eigenvalue weighted by Crippen LogP contribution is -2.36. The van der Waals surface area contributed by atoms with E-state index in [-0.39, 0.29) is 0 Å². The van der Waals surface area contributed by atoms with E-state index in [0.717, 1.165) is 75.5 Å². The SMILES string of the molecule is CC(C)=Nc1ccccc1C.CCCCN(CCC)CCC(CCN(Cc1cc(OC)c(OC)c(OC)c1)C(N)=O)c1ccccc1.CCCOCC. The largest absolute Gasteiger partial charge is 0.493 e.